The minimum atomic E-state index is -0.951. The van der Waals surface area contributed by atoms with Crippen LogP contribution in [0.3, 0.4) is 0 Å². The number of ketones is 1. The molecule has 1 unspecified atom stereocenters. The zero-order valence-corrected chi connectivity index (χ0v) is 15.6. The van der Waals surface area contributed by atoms with Crippen molar-refractivity contribution in [3.05, 3.63) is 77.4 Å². The first-order valence-corrected chi connectivity index (χ1v) is 9.03. The summed E-state index contributed by atoms with van der Waals surface area (Å²) in [5, 5.41) is 13.6. The summed E-state index contributed by atoms with van der Waals surface area (Å²) in [7, 11) is 0. The Kier molecular flexibility index (Phi) is 5.42. The number of aromatic nitrogens is 1. The van der Waals surface area contributed by atoms with Crippen LogP contribution in [0.15, 0.2) is 71.8 Å². The van der Waals surface area contributed by atoms with Gasteiger partial charge >= 0.3 is 0 Å². The molecule has 27 heavy (non-hydrogen) atoms. The van der Waals surface area contributed by atoms with E-state index in [1.807, 2.05) is 48.5 Å². The summed E-state index contributed by atoms with van der Waals surface area (Å²) < 4.78 is 0. The van der Waals surface area contributed by atoms with Gasteiger partial charge in [0.25, 0.3) is 0 Å². The summed E-state index contributed by atoms with van der Waals surface area (Å²) in [6.45, 7) is 3.44. The van der Waals surface area contributed by atoms with Crippen LogP contribution in [0.5, 0.6) is 0 Å². The fourth-order valence-electron chi connectivity index (χ4n) is 3.24. The number of carbonyl (C=O) groups is 1. The third-order valence-corrected chi connectivity index (χ3v) is 4.84. The maximum Gasteiger partial charge on any atom is 0.167 e. The molecule has 5 heteroatoms. The van der Waals surface area contributed by atoms with E-state index in [2.05, 4.69) is 10.3 Å². The fraction of sp³-hybridized carbons (Fsp3) is 0.273. The Bertz CT molecular complexity index is 865. The topological polar surface area (TPSA) is 88.2 Å². The maximum atomic E-state index is 12.9. The van der Waals surface area contributed by atoms with Gasteiger partial charge in [-0.05, 0) is 62.1 Å². The van der Waals surface area contributed by atoms with Crippen molar-refractivity contribution in [2.75, 3.05) is 5.32 Å². The number of aliphatic hydroxyl groups is 1. The molecule has 0 saturated heterocycles. The molecule has 0 fully saturated rings. The number of nitrogens with two attached hydrogens (primary N) is 1. The molecule has 0 amide bonds. The number of Topliss-reactive ketones (excluding diaryl/α,β-unsaturated/α-hetero) is 1. The van der Waals surface area contributed by atoms with Crippen LogP contribution >= 0.6 is 0 Å². The summed E-state index contributed by atoms with van der Waals surface area (Å²) in [5.74, 6) is -0.248. The second-order valence-electron chi connectivity index (χ2n) is 7.41. The minimum absolute atomic E-state index is 0.0605. The molecule has 1 heterocycles. The van der Waals surface area contributed by atoms with Crippen molar-refractivity contribution in [3.8, 4) is 0 Å². The van der Waals surface area contributed by atoms with Crippen molar-refractivity contribution >= 4 is 17.5 Å². The monoisotopic (exact) mass is 363 g/mol. The highest BCUT2D eigenvalue weighted by Crippen LogP contribution is 2.35. The van der Waals surface area contributed by atoms with Gasteiger partial charge in [-0.15, -0.1) is 0 Å². The molecular weight excluding hydrogens is 338 g/mol. The highest BCUT2D eigenvalue weighted by atomic mass is 16.3. The van der Waals surface area contributed by atoms with Gasteiger partial charge in [0.2, 0.25) is 0 Å². The van der Waals surface area contributed by atoms with Gasteiger partial charge in [0.15, 0.2) is 5.78 Å². The van der Waals surface area contributed by atoms with Crippen molar-refractivity contribution in [2.24, 2.45) is 11.7 Å². The highest BCUT2D eigenvalue weighted by Gasteiger charge is 2.36. The predicted octanol–water partition coefficient (Wildman–Crippen LogP) is 3.50. The first-order chi connectivity index (χ1) is 12.8. The number of nitrogens with zero attached hydrogens (tertiary/aromatic N) is 1. The van der Waals surface area contributed by atoms with Crippen molar-refractivity contribution in [1.29, 1.82) is 0 Å². The number of allylic oxidation sites excluding steroid dienone is 2. The molecule has 0 radical (unpaired) electrons. The normalized spacial score (nSPS) is 18.6. The number of nitrogens with one attached hydrogen (secondary N) is 1. The molecule has 1 atom stereocenters. The van der Waals surface area contributed by atoms with E-state index in [0.717, 1.165) is 11.3 Å². The van der Waals surface area contributed by atoms with Crippen molar-refractivity contribution in [1.82, 2.24) is 4.98 Å². The number of hydrogen-bond acceptors (Lipinski definition) is 5. The third-order valence-electron chi connectivity index (χ3n) is 4.84. The standard InChI is InChI=1S/C22H25N3O2/c1-22(2,27)16-13-18(23)21(20(26)14-16)19(12-15-8-10-24-11-9-15)25-17-6-4-3-5-7-17/h3-12,16,25,27H,13-14,23H2,1-2H3/b19-12-. The van der Waals surface area contributed by atoms with Crippen molar-refractivity contribution in [2.45, 2.75) is 32.3 Å². The van der Waals surface area contributed by atoms with Crippen LogP contribution in [0.2, 0.25) is 0 Å². The Labute approximate surface area is 159 Å². The number of hydrogen-bond donors (Lipinski definition) is 3. The van der Waals surface area contributed by atoms with Crippen LogP contribution in [0.25, 0.3) is 6.08 Å². The van der Waals surface area contributed by atoms with Gasteiger partial charge in [0.1, 0.15) is 0 Å². The number of pyridine rings is 1. The van der Waals surface area contributed by atoms with Gasteiger partial charge in [-0.1, -0.05) is 18.2 Å². The van der Waals surface area contributed by atoms with E-state index in [1.54, 1.807) is 26.2 Å². The van der Waals surface area contributed by atoms with E-state index in [-0.39, 0.29) is 18.1 Å². The quantitative estimate of drug-likeness (QED) is 0.757. The predicted molar refractivity (Wildman–Crippen MR) is 108 cm³/mol. The van der Waals surface area contributed by atoms with E-state index >= 15 is 0 Å². The van der Waals surface area contributed by atoms with Crippen LogP contribution in [0.1, 0.15) is 32.3 Å². The Morgan fingerprint density at radius 2 is 1.85 bits per heavy atom. The van der Waals surface area contributed by atoms with Crippen LogP contribution in [0, 0.1) is 5.92 Å². The lowest BCUT2D eigenvalue weighted by Gasteiger charge is -2.33. The van der Waals surface area contributed by atoms with Gasteiger partial charge in [-0.3, -0.25) is 9.78 Å². The van der Waals surface area contributed by atoms with Crippen LogP contribution in [0.4, 0.5) is 5.69 Å². The average molecular weight is 363 g/mol. The second-order valence-corrected chi connectivity index (χ2v) is 7.41. The van der Waals surface area contributed by atoms with Crippen LogP contribution in [-0.4, -0.2) is 21.5 Å². The molecule has 0 saturated carbocycles. The van der Waals surface area contributed by atoms with E-state index in [0.29, 0.717) is 23.4 Å². The summed E-state index contributed by atoms with van der Waals surface area (Å²) in [5.41, 5.74) is 8.81. The number of benzene rings is 1. The number of anilines is 1. The van der Waals surface area contributed by atoms with Crippen molar-refractivity contribution < 1.29 is 9.90 Å². The van der Waals surface area contributed by atoms with Gasteiger partial charge in [0.05, 0.1) is 16.9 Å². The molecule has 0 spiro atoms. The molecule has 3 rings (SSSR count). The fourth-order valence-corrected chi connectivity index (χ4v) is 3.24. The molecule has 1 aromatic carbocycles. The molecule has 1 aromatic heterocycles. The molecule has 140 valence electrons. The Morgan fingerprint density at radius 3 is 2.44 bits per heavy atom. The molecule has 0 bridgehead atoms. The molecule has 0 aliphatic heterocycles. The third kappa shape index (κ3) is 4.63. The van der Waals surface area contributed by atoms with Gasteiger partial charge in [0, 0.05) is 30.2 Å². The lowest BCUT2D eigenvalue weighted by atomic mass is 9.76. The molecule has 1 aliphatic rings. The average Bonchev–Trinajstić information content (AvgIpc) is 2.62. The summed E-state index contributed by atoms with van der Waals surface area (Å²) in [4.78, 5) is 17.0. The zero-order valence-electron chi connectivity index (χ0n) is 15.6. The number of para-hydroxylation sites is 1. The first kappa shape index (κ1) is 18.9. The zero-order chi connectivity index (χ0) is 19.4. The van der Waals surface area contributed by atoms with Gasteiger partial charge < -0.3 is 16.2 Å². The molecule has 2 aromatic rings. The van der Waals surface area contributed by atoms with E-state index < -0.39 is 5.60 Å². The molecule has 1 aliphatic carbocycles. The number of rotatable bonds is 5. The smallest absolute Gasteiger partial charge is 0.167 e. The second kappa shape index (κ2) is 7.76. The van der Waals surface area contributed by atoms with E-state index in [9.17, 15) is 9.90 Å². The maximum absolute atomic E-state index is 12.9. The SMILES string of the molecule is CC(C)(O)C1CC(=O)C(/C(=C/c2ccncc2)Nc2ccccc2)=C(N)C1. The number of carbonyl (C=O) groups excluding carboxylic acids is 1. The summed E-state index contributed by atoms with van der Waals surface area (Å²) in [6, 6.07) is 13.4. The lowest BCUT2D eigenvalue weighted by molar-refractivity contribution is -0.119. The Hall–Kier alpha value is -2.92. The largest absolute Gasteiger partial charge is 0.401 e. The lowest BCUT2D eigenvalue weighted by Crippen LogP contribution is -2.38. The van der Waals surface area contributed by atoms with Gasteiger partial charge in [-0.2, -0.15) is 0 Å². The van der Waals surface area contributed by atoms with E-state index in [4.69, 9.17) is 5.73 Å². The molecular formula is C22H25N3O2. The Morgan fingerprint density at radius 1 is 1.19 bits per heavy atom. The Balaban J connectivity index is 2.02. The first-order valence-electron chi connectivity index (χ1n) is 9.03. The van der Waals surface area contributed by atoms with E-state index in [1.165, 1.54) is 0 Å². The minimum Gasteiger partial charge on any atom is -0.401 e. The molecule has 4 N–H and O–H groups in total. The van der Waals surface area contributed by atoms with Gasteiger partial charge in [-0.25, -0.2) is 0 Å². The van der Waals surface area contributed by atoms with Crippen LogP contribution < -0.4 is 11.1 Å². The summed E-state index contributed by atoms with van der Waals surface area (Å²) in [6.07, 6.45) is 6.06. The highest BCUT2D eigenvalue weighted by molar-refractivity contribution is 6.03. The van der Waals surface area contributed by atoms with Crippen LogP contribution in [-0.2, 0) is 4.79 Å². The molecule has 5 nitrogen and oxygen atoms in total. The van der Waals surface area contributed by atoms with Crippen molar-refractivity contribution in [3.63, 3.8) is 0 Å². The summed E-state index contributed by atoms with van der Waals surface area (Å²) >= 11 is 0.